The summed E-state index contributed by atoms with van der Waals surface area (Å²) < 4.78 is 5.19. The first-order chi connectivity index (χ1) is 16.5. The Morgan fingerprint density at radius 3 is 2.03 bits per heavy atom. The Labute approximate surface area is 195 Å². The Bertz CT molecular complexity index is 1080. The zero-order chi connectivity index (χ0) is 23.9. The van der Waals surface area contributed by atoms with E-state index >= 15 is 0 Å². The summed E-state index contributed by atoms with van der Waals surface area (Å²) in [4.78, 5) is 35.3. The molecular weight excluding hydrogens is 438 g/mol. The molecule has 0 bridgehead atoms. The summed E-state index contributed by atoms with van der Waals surface area (Å²) >= 11 is 0. The van der Waals surface area contributed by atoms with E-state index in [0.29, 0.717) is 31.5 Å². The van der Waals surface area contributed by atoms with Crippen molar-refractivity contribution in [2.75, 3.05) is 29.7 Å². The van der Waals surface area contributed by atoms with Gasteiger partial charge < -0.3 is 21.1 Å². The third-order valence-corrected chi connectivity index (χ3v) is 5.04. The Hall–Kier alpha value is -4.45. The molecule has 12 heteroatoms. The van der Waals surface area contributed by atoms with Gasteiger partial charge in [0.05, 0.1) is 20.2 Å². The molecule has 2 aromatic carbocycles. The lowest BCUT2D eigenvalue weighted by Gasteiger charge is -2.13. The lowest BCUT2D eigenvalue weighted by molar-refractivity contribution is -0.352. The number of urea groups is 1. The summed E-state index contributed by atoms with van der Waals surface area (Å²) in [6, 6.07) is 15.0. The van der Waals surface area contributed by atoms with Gasteiger partial charge in [0, 0.05) is 6.54 Å². The number of ether oxygens (including phenoxy) is 1. The fraction of sp³-hybridized carbons (Fsp3) is 0.227. The number of aromatic amines is 1. The van der Waals surface area contributed by atoms with Gasteiger partial charge in [-0.3, -0.25) is 10.1 Å². The number of methoxy groups -OCH3 is 1. The molecule has 0 spiro atoms. The number of amides is 3. The van der Waals surface area contributed by atoms with Gasteiger partial charge in [-0.25, -0.2) is 20.2 Å². The van der Waals surface area contributed by atoms with Crippen LogP contribution in [0, 0.1) is 0 Å². The standard InChI is InChI=1S/C22H25N9O3/c1-34-17-8-6-16(7-9-17)12-25-20-27-19(24-11-15-4-2-14(10-23)3-5-15)28-21(29-20)30-31-13-18(32)26-22(31)33/h2-9H,10-13,23H2,1H3,(H,26,32,33)(H3,24,25,27,28,29,30)/p+1. The average Bonchev–Trinajstić information content (AvgIpc) is 3.18. The fourth-order valence-corrected chi connectivity index (χ4v) is 3.18. The topological polar surface area (TPSA) is 161 Å². The van der Waals surface area contributed by atoms with E-state index in [0.717, 1.165) is 27.4 Å². The van der Waals surface area contributed by atoms with E-state index in [1.165, 1.54) is 0 Å². The molecule has 1 fully saturated rings. The van der Waals surface area contributed by atoms with E-state index in [4.69, 9.17) is 10.5 Å². The summed E-state index contributed by atoms with van der Waals surface area (Å²) in [7, 11) is 1.62. The predicted molar refractivity (Wildman–Crippen MR) is 124 cm³/mol. The number of anilines is 3. The zero-order valence-corrected chi connectivity index (χ0v) is 18.6. The number of hydrazine groups is 1. The minimum Gasteiger partial charge on any atom is -0.497 e. The molecule has 0 saturated carbocycles. The van der Waals surface area contributed by atoms with Crippen LogP contribution in [-0.4, -0.2) is 40.6 Å². The number of nitrogens with one attached hydrogen (secondary N) is 5. The number of imide groups is 1. The van der Waals surface area contributed by atoms with Crippen LogP contribution < -0.4 is 36.8 Å². The molecule has 12 nitrogen and oxygen atoms in total. The lowest BCUT2D eigenvalue weighted by atomic mass is 10.1. The van der Waals surface area contributed by atoms with Crippen LogP contribution in [0.2, 0.25) is 0 Å². The van der Waals surface area contributed by atoms with E-state index < -0.39 is 11.9 Å². The van der Waals surface area contributed by atoms with Crippen molar-refractivity contribution in [2.24, 2.45) is 5.73 Å². The van der Waals surface area contributed by atoms with E-state index in [1.54, 1.807) is 7.11 Å². The quantitative estimate of drug-likeness (QED) is 0.274. The number of carbonyl (C=O) groups excluding carboxylic acids is 2. The number of carbonyl (C=O) groups is 2. The monoisotopic (exact) mass is 464 g/mol. The number of rotatable bonds is 10. The number of nitrogens with two attached hydrogens (primary N) is 1. The van der Waals surface area contributed by atoms with Crippen molar-refractivity contribution in [1.82, 2.24) is 20.3 Å². The van der Waals surface area contributed by atoms with Gasteiger partial charge in [-0.2, -0.15) is 0 Å². The van der Waals surface area contributed by atoms with E-state index in [-0.39, 0.29) is 12.5 Å². The van der Waals surface area contributed by atoms with Crippen LogP contribution in [-0.2, 0) is 24.4 Å². The van der Waals surface area contributed by atoms with Gasteiger partial charge in [0.15, 0.2) is 0 Å². The summed E-state index contributed by atoms with van der Waals surface area (Å²) in [5.74, 6) is 1.34. The van der Waals surface area contributed by atoms with Crippen molar-refractivity contribution in [2.45, 2.75) is 19.6 Å². The van der Waals surface area contributed by atoms with Gasteiger partial charge >= 0.3 is 23.9 Å². The second kappa shape index (κ2) is 10.4. The third-order valence-electron chi connectivity index (χ3n) is 5.04. The van der Waals surface area contributed by atoms with Crippen LogP contribution in [0.4, 0.5) is 22.6 Å². The van der Waals surface area contributed by atoms with Gasteiger partial charge in [0.2, 0.25) is 5.91 Å². The number of hydrogen-bond donors (Lipinski definition) is 5. The van der Waals surface area contributed by atoms with Gasteiger partial charge in [-0.05, 0) is 28.8 Å². The van der Waals surface area contributed by atoms with Crippen LogP contribution in [0.15, 0.2) is 48.5 Å². The second-order valence-electron chi connectivity index (χ2n) is 7.50. The minimum absolute atomic E-state index is 0.133. The van der Waals surface area contributed by atoms with Crippen molar-refractivity contribution in [3.63, 3.8) is 0 Å². The van der Waals surface area contributed by atoms with Crippen LogP contribution >= 0.6 is 0 Å². The van der Waals surface area contributed by atoms with Gasteiger partial charge in [0.25, 0.3) is 0 Å². The fourth-order valence-electron chi connectivity index (χ4n) is 3.18. The molecule has 1 saturated heterocycles. The highest BCUT2D eigenvalue weighted by atomic mass is 16.5. The third kappa shape index (κ3) is 5.86. The second-order valence-corrected chi connectivity index (χ2v) is 7.50. The molecule has 7 N–H and O–H groups in total. The molecule has 34 heavy (non-hydrogen) atoms. The molecule has 0 aliphatic carbocycles. The van der Waals surface area contributed by atoms with Crippen LogP contribution in [0.3, 0.4) is 0 Å². The van der Waals surface area contributed by atoms with Crippen molar-refractivity contribution in [3.8, 4) is 5.75 Å². The maximum atomic E-state index is 11.9. The zero-order valence-electron chi connectivity index (χ0n) is 18.6. The molecular formula is C22H26N9O3+. The average molecular weight is 465 g/mol. The first kappa shape index (κ1) is 22.7. The molecule has 0 unspecified atom stereocenters. The molecule has 3 amide bonds. The highest BCUT2D eigenvalue weighted by molar-refractivity contribution is 6.02. The summed E-state index contributed by atoms with van der Waals surface area (Å²) in [5.41, 5.74) is 11.5. The summed E-state index contributed by atoms with van der Waals surface area (Å²) in [6.07, 6.45) is 0. The van der Waals surface area contributed by atoms with Crippen LogP contribution in [0.25, 0.3) is 0 Å². The molecule has 1 aliphatic rings. The first-order valence-corrected chi connectivity index (χ1v) is 10.6. The van der Waals surface area contributed by atoms with Crippen molar-refractivity contribution in [3.05, 3.63) is 65.2 Å². The number of benzene rings is 2. The van der Waals surface area contributed by atoms with Crippen LogP contribution in [0.1, 0.15) is 16.7 Å². The Balaban J connectivity index is 1.49. The van der Waals surface area contributed by atoms with E-state index in [9.17, 15) is 9.59 Å². The smallest absolute Gasteiger partial charge is 0.343 e. The Morgan fingerprint density at radius 2 is 1.53 bits per heavy atom. The van der Waals surface area contributed by atoms with Gasteiger partial charge in [-0.1, -0.05) is 46.4 Å². The maximum absolute atomic E-state index is 11.9. The highest BCUT2D eigenvalue weighted by Crippen LogP contribution is 2.13. The van der Waals surface area contributed by atoms with Crippen molar-refractivity contribution >= 4 is 29.8 Å². The van der Waals surface area contributed by atoms with E-state index in [1.807, 2.05) is 48.5 Å². The molecule has 1 aromatic heterocycles. The van der Waals surface area contributed by atoms with E-state index in [2.05, 4.69) is 36.3 Å². The van der Waals surface area contributed by atoms with Gasteiger partial charge in [0.1, 0.15) is 12.3 Å². The van der Waals surface area contributed by atoms with Crippen molar-refractivity contribution < 1.29 is 19.3 Å². The number of hydrogen-bond acceptors (Lipinski definition) is 9. The Morgan fingerprint density at radius 1 is 0.971 bits per heavy atom. The maximum Gasteiger partial charge on any atom is 0.343 e. The number of aromatic nitrogens is 3. The van der Waals surface area contributed by atoms with Gasteiger partial charge in [-0.15, -0.1) is 0 Å². The summed E-state index contributed by atoms with van der Waals surface area (Å²) in [5, 5.41) is 9.74. The molecule has 1 aliphatic heterocycles. The first-order valence-electron chi connectivity index (χ1n) is 10.6. The number of nitrogens with zero attached hydrogens (tertiary/aromatic N) is 3. The van der Waals surface area contributed by atoms with Crippen molar-refractivity contribution in [1.29, 1.82) is 0 Å². The summed E-state index contributed by atoms with van der Waals surface area (Å²) in [6.45, 7) is 1.34. The molecule has 3 aromatic rings. The molecule has 4 rings (SSSR count). The molecule has 176 valence electrons. The predicted octanol–water partition coefficient (Wildman–Crippen LogP) is 0.861. The van der Waals surface area contributed by atoms with Crippen LogP contribution in [0.5, 0.6) is 5.75 Å². The largest absolute Gasteiger partial charge is 0.497 e. The Kier molecular flexibility index (Phi) is 6.98. The molecule has 0 radical (unpaired) electrons. The normalized spacial score (nSPS) is 12.9. The molecule has 2 heterocycles. The highest BCUT2D eigenvalue weighted by Gasteiger charge is 2.28. The SMILES string of the molecule is COc1ccc(CNc2nc(NN3CC(=O)NC3=O)nc(NCc3ccc(CN)cc3)[nH+]2)cc1. The molecule has 0 atom stereocenters. The number of H-pyrrole nitrogens is 1. The lowest BCUT2D eigenvalue weighted by Crippen LogP contribution is -2.35. The minimum atomic E-state index is -0.566.